The molecular weight excluding hydrogens is 336 g/mol. The van der Waals surface area contributed by atoms with Gasteiger partial charge in [-0.3, -0.25) is 4.98 Å². The van der Waals surface area contributed by atoms with E-state index in [1.165, 1.54) is 25.5 Å². The topological polar surface area (TPSA) is 55.1 Å². The van der Waals surface area contributed by atoms with Crippen LogP contribution in [0.3, 0.4) is 0 Å². The highest BCUT2D eigenvalue weighted by Crippen LogP contribution is 2.44. The lowest BCUT2D eigenvalue weighted by atomic mass is 10.1. The SMILES string of the molecule is COc1cc2nccc(Oc3ccc(C4CC4)c(Cl)c3)c2cc1C#N. The Balaban J connectivity index is 1.74. The molecule has 1 saturated carbocycles. The summed E-state index contributed by atoms with van der Waals surface area (Å²) < 4.78 is 11.3. The number of pyridine rings is 1. The highest BCUT2D eigenvalue weighted by Gasteiger charge is 2.25. The number of fused-ring (bicyclic) bond motifs is 1. The van der Waals surface area contributed by atoms with Gasteiger partial charge < -0.3 is 9.47 Å². The monoisotopic (exact) mass is 350 g/mol. The number of hydrogen-bond donors (Lipinski definition) is 0. The van der Waals surface area contributed by atoms with E-state index in [2.05, 4.69) is 11.1 Å². The zero-order chi connectivity index (χ0) is 17.4. The number of nitriles is 1. The second-order valence-electron chi connectivity index (χ2n) is 6.05. The van der Waals surface area contributed by atoms with Crippen molar-refractivity contribution in [3.05, 3.63) is 58.7 Å². The van der Waals surface area contributed by atoms with Gasteiger partial charge in [-0.1, -0.05) is 17.7 Å². The summed E-state index contributed by atoms with van der Waals surface area (Å²) in [4.78, 5) is 4.34. The van der Waals surface area contributed by atoms with E-state index >= 15 is 0 Å². The Morgan fingerprint density at radius 2 is 2.00 bits per heavy atom. The third kappa shape index (κ3) is 2.99. The number of rotatable bonds is 4. The molecule has 0 saturated heterocycles. The maximum Gasteiger partial charge on any atom is 0.138 e. The van der Waals surface area contributed by atoms with Crippen molar-refractivity contribution in [3.63, 3.8) is 0 Å². The summed E-state index contributed by atoms with van der Waals surface area (Å²) in [5.41, 5.74) is 2.33. The van der Waals surface area contributed by atoms with Crippen LogP contribution in [0.15, 0.2) is 42.6 Å². The van der Waals surface area contributed by atoms with Crippen molar-refractivity contribution in [1.82, 2.24) is 4.98 Å². The molecule has 4 nitrogen and oxygen atoms in total. The van der Waals surface area contributed by atoms with Crippen molar-refractivity contribution in [3.8, 4) is 23.3 Å². The Morgan fingerprint density at radius 3 is 2.68 bits per heavy atom. The number of aromatic nitrogens is 1. The molecule has 124 valence electrons. The van der Waals surface area contributed by atoms with Crippen LogP contribution >= 0.6 is 11.6 Å². The van der Waals surface area contributed by atoms with Gasteiger partial charge in [0.15, 0.2) is 0 Å². The molecule has 0 unspecified atom stereocenters. The van der Waals surface area contributed by atoms with Gasteiger partial charge in [-0.15, -0.1) is 0 Å². The van der Waals surface area contributed by atoms with E-state index in [9.17, 15) is 5.26 Å². The van der Waals surface area contributed by atoms with Gasteiger partial charge >= 0.3 is 0 Å². The minimum Gasteiger partial charge on any atom is -0.495 e. The maximum absolute atomic E-state index is 9.31. The Labute approximate surface area is 150 Å². The predicted molar refractivity (Wildman–Crippen MR) is 96.5 cm³/mol. The summed E-state index contributed by atoms with van der Waals surface area (Å²) in [7, 11) is 1.53. The van der Waals surface area contributed by atoms with Crippen molar-refractivity contribution >= 4 is 22.5 Å². The quantitative estimate of drug-likeness (QED) is 0.628. The standard InChI is InChI=1S/C20H15ClN2O2/c1-24-20-10-18-16(8-13(20)11-22)19(6-7-23-18)25-14-4-5-15(12-2-3-12)17(21)9-14/h4-10,12H,2-3H2,1H3. The molecule has 3 aromatic rings. The number of benzene rings is 2. The van der Waals surface area contributed by atoms with E-state index in [0.29, 0.717) is 34.2 Å². The molecule has 4 rings (SSSR count). The molecule has 1 aromatic heterocycles. The average Bonchev–Trinajstić information content (AvgIpc) is 3.46. The van der Waals surface area contributed by atoms with Crippen molar-refractivity contribution in [1.29, 1.82) is 5.26 Å². The number of nitrogens with zero attached hydrogens (tertiary/aromatic N) is 2. The molecule has 2 aromatic carbocycles. The molecule has 1 aliphatic rings. The molecule has 0 atom stereocenters. The lowest BCUT2D eigenvalue weighted by Gasteiger charge is -2.12. The molecule has 0 amide bonds. The van der Waals surface area contributed by atoms with Crippen molar-refractivity contribution in [2.24, 2.45) is 0 Å². The number of ether oxygens (including phenoxy) is 2. The Morgan fingerprint density at radius 1 is 1.16 bits per heavy atom. The molecule has 25 heavy (non-hydrogen) atoms. The van der Waals surface area contributed by atoms with Crippen LogP contribution in [0.2, 0.25) is 5.02 Å². The summed E-state index contributed by atoms with van der Waals surface area (Å²) in [6.07, 6.45) is 4.07. The van der Waals surface area contributed by atoms with Crippen molar-refractivity contribution < 1.29 is 9.47 Å². The predicted octanol–water partition coefficient (Wildman–Crippen LogP) is 5.44. The Bertz CT molecular complexity index is 1010. The maximum atomic E-state index is 9.31. The zero-order valence-corrected chi connectivity index (χ0v) is 14.4. The van der Waals surface area contributed by atoms with Crippen LogP contribution in [0.5, 0.6) is 17.2 Å². The van der Waals surface area contributed by atoms with E-state index < -0.39 is 0 Å². The second-order valence-corrected chi connectivity index (χ2v) is 6.46. The summed E-state index contributed by atoms with van der Waals surface area (Å²) in [6, 6.07) is 13.2. The third-order valence-corrected chi connectivity index (χ3v) is 4.69. The van der Waals surface area contributed by atoms with Crippen molar-refractivity contribution in [2.75, 3.05) is 7.11 Å². The Kier molecular flexibility index (Phi) is 3.95. The molecular formula is C20H15ClN2O2. The molecule has 1 aliphatic carbocycles. The third-order valence-electron chi connectivity index (χ3n) is 4.36. The van der Waals surface area contributed by atoms with E-state index in [1.54, 1.807) is 24.4 Å². The van der Waals surface area contributed by atoms with Gasteiger partial charge in [-0.2, -0.15) is 5.26 Å². The average molecular weight is 351 g/mol. The molecule has 1 fully saturated rings. The fraction of sp³-hybridized carbons (Fsp3) is 0.200. The normalized spacial score (nSPS) is 13.5. The van der Waals surface area contributed by atoms with Gasteiger partial charge in [0.1, 0.15) is 23.3 Å². The second kappa shape index (κ2) is 6.27. The molecule has 0 aliphatic heterocycles. The first-order valence-electron chi connectivity index (χ1n) is 8.03. The van der Waals surface area contributed by atoms with Gasteiger partial charge in [0.25, 0.3) is 0 Å². The molecule has 0 radical (unpaired) electrons. The lowest BCUT2D eigenvalue weighted by Crippen LogP contribution is -1.93. The first kappa shape index (κ1) is 15.7. The van der Waals surface area contributed by atoms with Crippen LogP contribution < -0.4 is 9.47 Å². The van der Waals surface area contributed by atoms with Gasteiger partial charge in [-0.25, -0.2) is 0 Å². The highest BCUT2D eigenvalue weighted by atomic mass is 35.5. The summed E-state index contributed by atoms with van der Waals surface area (Å²) in [5, 5.41) is 10.8. The summed E-state index contributed by atoms with van der Waals surface area (Å²) in [5.74, 6) is 2.38. The smallest absolute Gasteiger partial charge is 0.138 e. The molecule has 0 spiro atoms. The molecule has 5 heteroatoms. The fourth-order valence-electron chi connectivity index (χ4n) is 2.92. The van der Waals surface area contributed by atoms with Crippen LogP contribution in [-0.4, -0.2) is 12.1 Å². The molecule has 0 N–H and O–H groups in total. The van der Waals surface area contributed by atoms with Crippen LogP contribution in [0.4, 0.5) is 0 Å². The van der Waals surface area contributed by atoms with Gasteiger partial charge in [0, 0.05) is 22.7 Å². The van der Waals surface area contributed by atoms with Crippen LogP contribution in [0, 0.1) is 11.3 Å². The van der Waals surface area contributed by atoms with E-state index in [0.717, 1.165) is 10.4 Å². The number of hydrogen-bond acceptors (Lipinski definition) is 4. The minimum absolute atomic E-state index is 0.440. The number of halogens is 1. The molecule has 0 bridgehead atoms. The minimum atomic E-state index is 0.440. The van der Waals surface area contributed by atoms with Gasteiger partial charge in [0.05, 0.1) is 18.2 Å². The zero-order valence-electron chi connectivity index (χ0n) is 13.6. The highest BCUT2D eigenvalue weighted by molar-refractivity contribution is 6.31. The van der Waals surface area contributed by atoms with Crippen LogP contribution in [0.1, 0.15) is 29.9 Å². The van der Waals surface area contributed by atoms with E-state index in [4.69, 9.17) is 21.1 Å². The summed E-state index contributed by atoms with van der Waals surface area (Å²) >= 11 is 6.38. The van der Waals surface area contributed by atoms with Crippen LogP contribution in [-0.2, 0) is 0 Å². The summed E-state index contributed by atoms with van der Waals surface area (Å²) in [6.45, 7) is 0. The molecule has 1 heterocycles. The van der Waals surface area contributed by atoms with E-state index in [-0.39, 0.29) is 0 Å². The first-order valence-corrected chi connectivity index (χ1v) is 8.41. The van der Waals surface area contributed by atoms with E-state index in [1.807, 2.05) is 18.2 Å². The van der Waals surface area contributed by atoms with Gasteiger partial charge in [-0.05, 0) is 48.6 Å². The van der Waals surface area contributed by atoms with Crippen molar-refractivity contribution in [2.45, 2.75) is 18.8 Å². The van der Waals surface area contributed by atoms with Crippen LogP contribution in [0.25, 0.3) is 10.9 Å². The lowest BCUT2D eigenvalue weighted by molar-refractivity contribution is 0.414. The van der Waals surface area contributed by atoms with Gasteiger partial charge in [0.2, 0.25) is 0 Å². The largest absolute Gasteiger partial charge is 0.495 e. The fourth-order valence-corrected chi connectivity index (χ4v) is 3.24. The number of methoxy groups -OCH3 is 1. The Hall–Kier alpha value is -2.77. The first-order chi connectivity index (χ1) is 12.2.